The molecular weight excluding hydrogens is 246 g/mol. The molecule has 2 rings (SSSR count). The lowest BCUT2D eigenvalue weighted by Crippen LogP contribution is -2.50. The SMILES string of the molecule is Cc1c(C(=O)N2CCCCC2C(N)=NO)cnn1C. The molecule has 0 radical (unpaired) electrons. The molecule has 3 N–H and O–H groups in total. The van der Waals surface area contributed by atoms with E-state index in [1.54, 1.807) is 22.8 Å². The number of nitrogens with zero attached hydrogens (tertiary/aromatic N) is 4. The number of likely N-dealkylation sites (tertiary alicyclic amines) is 1. The largest absolute Gasteiger partial charge is 0.409 e. The zero-order chi connectivity index (χ0) is 14.0. The molecule has 0 aromatic carbocycles. The first-order valence-electron chi connectivity index (χ1n) is 6.33. The van der Waals surface area contributed by atoms with Gasteiger partial charge >= 0.3 is 0 Å². The Hall–Kier alpha value is -2.05. The fourth-order valence-corrected chi connectivity index (χ4v) is 2.41. The Kier molecular flexibility index (Phi) is 3.73. The second-order valence-corrected chi connectivity index (χ2v) is 4.80. The number of rotatable bonds is 2. The predicted octanol–water partition coefficient (Wildman–Crippen LogP) is 0.470. The summed E-state index contributed by atoms with van der Waals surface area (Å²) in [5.74, 6) is -0.0171. The third-order valence-corrected chi connectivity index (χ3v) is 3.69. The summed E-state index contributed by atoms with van der Waals surface area (Å²) in [6.45, 7) is 2.47. The van der Waals surface area contributed by atoms with Crippen LogP contribution in [-0.4, -0.2) is 44.2 Å². The molecule has 1 saturated heterocycles. The fourth-order valence-electron chi connectivity index (χ4n) is 2.41. The summed E-state index contributed by atoms with van der Waals surface area (Å²) in [7, 11) is 1.79. The van der Waals surface area contributed by atoms with Crippen molar-refractivity contribution in [3.05, 3.63) is 17.5 Å². The quantitative estimate of drug-likeness (QED) is 0.351. The number of oxime groups is 1. The van der Waals surface area contributed by atoms with Gasteiger partial charge in [-0.3, -0.25) is 9.48 Å². The molecule has 19 heavy (non-hydrogen) atoms. The third-order valence-electron chi connectivity index (χ3n) is 3.69. The number of amides is 1. The number of carbonyl (C=O) groups is 1. The third kappa shape index (κ3) is 2.40. The van der Waals surface area contributed by atoms with Gasteiger partial charge in [-0.1, -0.05) is 5.16 Å². The summed E-state index contributed by atoms with van der Waals surface area (Å²) in [4.78, 5) is 14.2. The number of piperidine rings is 1. The van der Waals surface area contributed by atoms with Gasteiger partial charge in [0.2, 0.25) is 0 Å². The second-order valence-electron chi connectivity index (χ2n) is 4.80. The number of amidine groups is 1. The highest BCUT2D eigenvalue weighted by Gasteiger charge is 2.31. The first kappa shape index (κ1) is 13.4. The molecule has 7 heteroatoms. The van der Waals surface area contributed by atoms with Crippen LogP contribution in [0.25, 0.3) is 0 Å². The number of hydrogen-bond acceptors (Lipinski definition) is 4. The number of nitrogens with two attached hydrogens (primary N) is 1. The first-order chi connectivity index (χ1) is 9.06. The van der Waals surface area contributed by atoms with E-state index < -0.39 is 0 Å². The van der Waals surface area contributed by atoms with Crippen molar-refractivity contribution in [2.45, 2.75) is 32.2 Å². The Labute approximate surface area is 111 Å². The number of aryl methyl sites for hydroxylation is 1. The van der Waals surface area contributed by atoms with E-state index in [1.165, 1.54) is 0 Å². The van der Waals surface area contributed by atoms with Gasteiger partial charge in [-0.15, -0.1) is 0 Å². The molecule has 0 aliphatic carbocycles. The lowest BCUT2D eigenvalue weighted by Gasteiger charge is -2.34. The summed E-state index contributed by atoms with van der Waals surface area (Å²) in [5, 5.41) is 16.0. The van der Waals surface area contributed by atoms with Gasteiger partial charge in [0.25, 0.3) is 5.91 Å². The van der Waals surface area contributed by atoms with E-state index >= 15 is 0 Å². The molecule has 0 saturated carbocycles. The zero-order valence-corrected chi connectivity index (χ0v) is 11.2. The standard InChI is InChI=1S/C12H19N5O2/c1-8-9(7-14-16(8)2)12(18)17-6-4-3-5-10(17)11(13)15-19/h7,10,19H,3-6H2,1-2H3,(H2,13,15). The van der Waals surface area contributed by atoms with Crippen molar-refractivity contribution < 1.29 is 10.0 Å². The molecule has 2 heterocycles. The molecule has 0 bridgehead atoms. The van der Waals surface area contributed by atoms with E-state index in [0.717, 1.165) is 25.0 Å². The Morgan fingerprint density at radius 2 is 2.32 bits per heavy atom. The van der Waals surface area contributed by atoms with Crippen LogP contribution in [-0.2, 0) is 7.05 Å². The van der Waals surface area contributed by atoms with Gasteiger partial charge < -0.3 is 15.8 Å². The lowest BCUT2D eigenvalue weighted by molar-refractivity contribution is 0.0676. The van der Waals surface area contributed by atoms with Crippen LogP contribution in [0.3, 0.4) is 0 Å². The minimum absolute atomic E-state index is 0.0922. The molecule has 1 aliphatic heterocycles. The van der Waals surface area contributed by atoms with E-state index in [2.05, 4.69) is 10.3 Å². The number of aromatic nitrogens is 2. The number of hydrogen-bond donors (Lipinski definition) is 2. The maximum atomic E-state index is 12.5. The normalized spacial score (nSPS) is 20.6. The van der Waals surface area contributed by atoms with Crippen LogP contribution in [0.15, 0.2) is 11.4 Å². The smallest absolute Gasteiger partial charge is 0.257 e. The molecule has 7 nitrogen and oxygen atoms in total. The fraction of sp³-hybridized carbons (Fsp3) is 0.583. The molecule has 1 amide bonds. The van der Waals surface area contributed by atoms with Crippen LogP contribution in [0.2, 0.25) is 0 Å². The second kappa shape index (κ2) is 5.29. The molecule has 1 fully saturated rings. The van der Waals surface area contributed by atoms with Crippen molar-refractivity contribution in [2.24, 2.45) is 17.9 Å². The average molecular weight is 265 g/mol. The molecule has 0 spiro atoms. The van der Waals surface area contributed by atoms with E-state index in [4.69, 9.17) is 10.9 Å². The van der Waals surface area contributed by atoms with E-state index in [0.29, 0.717) is 12.1 Å². The molecular formula is C12H19N5O2. The van der Waals surface area contributed by atoms with Crippen molar-refractivity contribution in [1.82, 2.24) is 14.7 Å². The summed E-state index contributed by atoms with van der Waals surface area (Å²) in [5.41, 5.74) is 7.07. The van der Waals surface area contributed by atoms with Crippen LogP contribution in [0.1, 0.15) is 35.3 Å². The maximum Gasteiger partial charge on any atom is 0.257 e. The molecule has 1 atom stereocenters. The van der Waals surface area contributed by atoms with Crippen molar-refractivity contribution in [3.63, 3.8) is 0 Å². The molecule has 1 aromatic rings. The van der Waals surface area contributed by atoms with Crippen LogP contribution in [0, 0.1) is 6.92 Å². The van der Waals surface area contributed by atoms with Crippen LogP contribution < -0.4 is 5.73 Å². The van der Waals surface area contributed by atoms with Crippen molar-refractivity contribution in [1.29, 1.82) is 0 Å². The Bertz CT molecular complexity index is 508. The van der Waals surface area contributed by atoms with Crippen LogP contribution in [0.4, 0.5) is 0 Å². The summed E-state index contributed by atoms with van der Waals surface area (Å²) in [6, 6.07) is -0.328. The minimum atomic E-state index is -0.328. The Morgan fingerprint density at radius 3 is 2.89 bits per heavy atom. The van der Waals surface area contributed by atoms with Gasteiger partial charge in [0.05, 0.1) is 17.8 Å². The van der Waals surface area contributed by atoms with Crippen LogP contribution >= 0.6 is 0 Å². The lowest BCUT2D eigenvalue weighted by atomic mass is 10.00. The van der Waals surface area contributed by atoms with E-state index in [9.17, 15) is 4.79 Å². The van der Waals surface area contributed by atoms with Crippen molar-refractivity contribution >= 4 is 11.7 Å². The minimum Gasteiger partial charge on any atom is -0.409 e. The predicted molar refractivity (Wildman–Crippen MR) is 70.0 cm³/mol. The van der Waals surface area contributed by atoms with Gasteiger partial charge in [0, 0.05) is 19.3 Å². The van der Waals surface area contributed by atoms with Crippen molar-refractivity contribution in [3.8, 4) is 0 Å². The first-order valence-corrected chi connectivity index (χ1v) is 6.33. The highest BCUT2D eigenvalue weighted by Crippen LogP contribution is 2.21. The van der Waals surface area contributed by atoms with Crippen LogP contribution in [0.5, 0.6) is 0 Å². The van der Waals surface area contributed by atoms with Crippen molar-refractivity contribution in [2.75, 3.05) is 6.54 Å². The van der Waals surface area contributed by atoms with Gasteiger partial charge in [-0.2, -0.15) is 5.10 Å². The molecule has 1 unspecified atom stereocenters. The molecule has 104 valence electrons. The zero-order valence-electron chi connectivity index (χ0n) is 11.2. The van der Waals surface area contributed by atoms with Gasteiger partial charge in [0.15, 0.2) is 5.84 Å². The monoisotopic (exact) mass is 265 g/mol. The Balaban J connectivity index is 2.28. The van der Waals surface area contributed by atoms with E-state index in [1.807, 2.05) is 6.92 Å². The van der Waals surface area contributed by atoms with Gasteiger partial charge in [0.1, 0.15) is 0 Å². The molecule has 1 aromatic heterocycles. The summed E-state index contributed by atoms with van der Waals surface area (Å²) < 4.78 is 1.66. The summed E-state index contributed by atoms with van der Waals surface area (Å²) >= 11 is 0. The van der Waals surface area contributed by atoms with Gasteiger partial charge in [-0.25, -0.2) is 0 Å². The highest BCUT2D eigenvalue weighted by molar-refractivity contribution is 5.99. The van der Waals surface area contributed by atoms with E-state index in [-0.39, 0.29) is 17.8 Å². The topological polar surface area (TPSA) is 96.7 Å². The van der Waals surface area contributed by atoms with Gasteiger partial charge in [-0.05, 0) is 26.2 Å². The Morgan fingerprint density at radius 1 is 1.58 bits per heavy atom. The average Bonchev–Trinajstić information content (AvgIpc) is 2.77. The highest BCUT2D eigenvalue weighted by atomic mass is 16.4. The maximum absolute atomic E-state index is 12.5. The molecule has 1 aliphatic rings. The number of carbonyl (C=O) groups excluding carboxylic acids is 1. The summed E-state index contributed by atoms with van der Waals surface area (Å²) in [6.07, 6.45) is 4.19.